The molecule has 2 aliphatic rings. The fourth-order valence-electron chi connectivity index (χ4n) is 4.30. The van der Waals surface area contributed by atoms with Crippen LogP contribution in [0, 0.1) is 5.92 Å². The molecule has 0 bridgehead atoms. The number of carboxylic acid groups (broad SMARTS) is 2. The first-order chi connectivity index (χ1) is 15.0. The topological polar surface area (TPSA) is 110 Å². The lowest BCUT2D eigenvalue weighted by atomic mass is 9.96. The van der Waals surface area contributed by atoms with Crippen molar-refractivity contribution >= 4 is 23.4 Å². The maximum absolute atomic E-state index is 11.0. The number of anilines is 2. The number of carboxylic acids is 2. The zero-order valence-electron chi connectivity index (χ0n) is 17.4. The van der Waals surface area contributed by atoms with Gasteiger partial charge in [-0.05, 0) is 43.0 Å². The molecule has 4 heterocycles. The van der Waals surface area contributed by atoms with Crippen LogP contribution in [-0.4, -0.2) is 82.8 Å². The van der Waals surface area contributed by atoms with Crippen LogP contribution in [0.15, 0.2) is 36.7 Å². The van der Waals surface area contributed by atoms with Crippen LogP contribution >= 0.6 is 0 Å². The summed E-state index contributed by atoms with van der Waals surface area (Å²) in [4.78, 5) is 37.2. The third kappa shape index (κ3) is 5.11. The molecule has 0 atom stereocenters. The predicted octanol–water partition coefficient (Wildman–Crippen LogP) is 1.91. The van der Waals surface area contributed by atoms with Crippen molar-refractivity contribution in [1.82, 2.24) is 14.9 Å². The normalized spacial score (nSPS) is 18.2. The summed E-state index contributed by atoms with van der Waals surface area (Å²) in [7, 11) is 0. The zero-order chi connectivity index (χ0) is 21.8. The molecule has 2 N–H and O–H groups in total. The van der Waals surface area contributed by atoms with E-state index < -0.39 is 11.9 Å². The molecule has 0 aliphatic carbocycles. The van der Waals surface area contributed by atoms with Crippen LogP contribution in [0.3, 0.4) is 0 Å². The van der Waals surface area contributed by atoms with Gasteiger partial charge in [0.25, 0.3) is 0 Å². The van der Waals surface area contributed by atoms with Crippen molar-refractivity contribution in [3.8, 4) is 0 Å². The van der Waals surface area contributed by atoms with Gasteiger partial charge in [0.1, 0.15) is 11.5 Å². The maximum Gasteiger partial charge on any atom is 0.354 e. The summed E-state index contributed by atoms with van der Waals surface area (Å²) in [6.45, 7) is 6.75. The molecular formula is C22H27N5O4. The number of piperidine rings is 1. The fraction of sp³-hybridized carbons (Fsp3) is 0.455. The van der Waals surface area contributed by atoms with E-state index in [9.17, 15) is 9.59 Å². The maximum atomic E-state index is 11.0. The second kappa shape index (κ2) is 9.30. The Balaban J connectivity index is 1.22. The SMILES string of the molecule is O=C(O)c1ccc(N2CCC(CN3CCN(c4ccc(C(=O)O)nc4)CC3)CC2)nc1. The molecule has 9 nitrogen and oxygen atoms in total. The van der Waals surface area contributed by atoms with Crippen molar-refractivity contribution in [3.63, 3.8) is 0 Å². The summed E-state index contributed by atoms with van der Waals surface area (Å²) in [5.41, 5.74) is 1.26. The fourth-order valence-corrected chi connectivity index (χ4v) is 4.30. The molecule has 4 rings (SSSR count). The lowest BCUT2D eigenvalue weighted by Gasteiger charge is -2.39. The van der Waals surface area contributed by atoms with Crippen molar-refractivity contribution in [2.45, 2.75) is 12.8 Å². The molecule has 0 amide bonds. The van der Waals surface area contributed by atoms with E-state index in [1.807, 2.05) is 6.07 Å². The van der Waals surface area contributed by atoms with Crippen LogP contribution in [0.25, 0.3) is 0 Å². The first kappa shape index (κ1) is 21.0. The third-order valence-electron chi connectivity index (χ3n) is 6.15. The van der Waals surface area contributed by atoms with E-state index in [2.05, 4.69) is 24.7 Å². The highest BCUT2D eigenvalue weighted by Gasteiger charge is 2.25. The number of hydrogen-bond acceptors (Lipinski definition) is 7. The lowest BCUT2D eigenvalue weighted by Crippen LogP contribution is -2.49. The summed E-state index contributed by atoms with van der Waals surface area (Å²) in [6, 6.07) is 6.79. The van der Waals surface area contributed by atoms with Gasteiger partial charge in [-0.15, -0.1) is 0 Å². The molecule has 0 radical (unpaired) electrons. The van der Waals surface area contributed by atoms with Gasteiger partial charge >= 0.3 is 11.9 Å². The number of aromatic nitrogens is 2. The third-order valence-corrected chi connectivity index (χ3v) is 6.15. The van der Waals surface area contributed by atoms with E-state index in [0.717, 1.165) is 70.2 Å². The highest BCUT2D eigenvalue weighted by atomic mass is 16.4. The summed E-state index contributed by atoms with van der Waals surface area (Å²) < 4.78 is 0. The monoisotopic (exact) mass is 425 g/mol. The van der Waals surface area contributed by atoms with Gasteiger partial charge < -0.3 is 20.0 Å². The molecule has 2 aliphatic heterocycles. The van der Waals surface area contributed by atoms with E-state index in [-0.39, 0.29) is 11.3 Å². The van der Waals surface area contributed by atoms with E-state index in [1.54, 1.807) is 24.4 Å². The Labute approximate surface area is 180 Å². The van der Waals surface area contributed by atoms with Gasteiger partial charge in [0.15, 0.2) is 0 Å². The second-order valence-electron chi connectivity index (χ2n) is 8.14. The lowest BCUT2D eigenvalue weighted by molar-refractivity contribution is 0.0682. The summed E-state index contributed by atoms with van der Waals surface area (Å²) in [5.74, 6) is -0.459. The summed E-state index contributed by atoms with van der Waals surface area (Å²) in [5, 5.41) is 18.0. The van der Waals surface area contributed by atoms with Crippen LogP contribution < -0.4 is 9.80 Å². The van der Waals surface area contributed by atoms with Gasteiger partial charge in [-0.1, -0.05) is 0 Å². The quantitative estimate of drug-likeness (QED) is 0.717. The van der Waals surface area contributed by atoms with Crippen LogP contribution in [0.1, 0.15) is 33.7 Å². The molecule has 2 saturated heterocycles. The number of pyridine rings is 2. The van der Waals surface area contributed by atoms with Crippen LogP contribution in [-0.2, 0) is 0 Å². The van der Waals surface area contributed by atoms with Crippen molar-refractivity contribution in [1.29, 1.82) is 0 Å². The van der Waals surface area contributed by atoms with Crippen LogP contribution in [0.2, 0.25) is 0 Å². The smallest absolute Gasteiger partial charge is 0.354 e. The summed E-state index contributed by atoms with van der Waals surface area (Å²) >= 11 is 0. The minimum atomic E-state index is -1.00. The van der Waals surface area contributed by atoms with Gasteiger partial charge in [0.05, 0.1) is 17.4 Å². The van der Waals surface area contributed by atoms with Crippen LogP contribution in [0.4, 0.5) is 11.5 Å². The average molecular weight is 425 g/mol. The molecule has 0 spiro atoms. The number of piperazine rings is 1. The molecule has 31 heavy (non-hydrogen) atoms. The Morgan fingerprint density at radius 1 is 0.839 bits per heavy atom. The summed E-state index contributed by atoms with van der Waals surface area (Å²) in [6.07, 6.45) is 5.27. The Bertz CT molecular complexity index is 827. The minimum Gasteiger partial charge on any atom is -0.478 e. The Kier molecular flexibility index (Phi) is 6.31. The van der Waals surface area contributed by atoms with Crippen molar-refractivity contribution in [3.05, 3.63) is 47.9 Å². The van der Waals surface area contributed by atoms with E-state index >= 15 is 0 Å². The molecule has 2 aromatic heterocycles. The van der Waals surface area contributed by atoms with Gasteiger partial charge in [-0.25, -0.2) is 19.6 Å². The van der Waals surface area contributed by atoms with Crippen molar-refractivity contribution < 1.29 is 19.8 Å². The number of aromatic carboxylic acids is 2. The molecular weight excluding hydrogens is 398 g/mol. The Morgan fingerprint density at radius 3 is 2.13 bits per heavy atom. The van der Waals surface area contributed by atoms with Crippen LogP contribution in [0.5, 0.6) is 0 Å². The van der Waals surface area contributed by atoms with Crippen molar-refractivity contribution in [2.75, 3.05) is 55.6 Å². The van der Waals surface area contributed by atoms with E-state index in [4.69, 9.17) is 10.2 Å². The average Bonchev–Trinajstić information content (AvgIpc) is 2.80. The van der Waals surface area contributed by atoms with Gasteiger partial charge in [-0.3, -0.25) is 4.90 Å². The molecule has 9 heteroatoms. The number of hydrogen-bond donors (Lipinski definition) is 2. The molecule has 0 aromatic carbocycles. The molecule has 0 unspecified atom stereocenters. The molecule has 0 saturated carbocycles. The number of carbonyl (C=O) groups is 2. The molecule has 2 fully saturated rings. The van der Waals surface area contributed by atoms with Gasteiger partial charge in [-0.2, -0.15) is 0 Å². The van der Waals surface area contributed by atoms with E-state index in [1.165, 1.54) is 6.20 Å². The molecule has 2 aromatic rings. The number of nitrogens with zero attached hydrogens (tertiary/aromatic N) is 5. The highest BCUT2D eigenvalue weighted by Crippen LogP contribution is 2.24. The zero-order valence-corrected chi connectivity index (χ0v) is 17.4. The molecule has 164 valence electrons. The largest absolute Gasteiger partial charge is 0.478 e. The first-order valence-corrected chi connectivity index (χ1v) is 10.6. The van der Waals surface area contributed by atoms with Gasteiger partial charge in [0, 0.05) is 52.0 Å². The first-order valence-electron chi connectivity index (χ1n) is 10.6. The Morgan fingerprint density at radius 2 is 1.58 bits per heavy atom. The van der Waals surface area contributed by atoms with Gasteiger partial charge in [0.2, 0.25) is 0 Å². The highest BCUT2D eigenvalue weighted by molar-refractivity contribution is 5.87. The minimum absolute atomic E-state index is 0.0711. The van der Waals surface area contributed by atoms with Crippen molar-refractivity contribution in [2.24, 2.45) is 5.92 Å². The Hall–Kier alpha value is -3.20. The van der Waals surface area contributed by atoms with E-state index in [0.29, 0.717) is 5.92 Å². The standard InChI is InChI=1S/C22H27N5O4/c28-21(29)17-1-4-20(24-13-17)27-7-5-16(6-8-27)15-25-9-11-26(12-10-25)18-2-3-19(22(30)31)23-14-18/h1-4,13-14,16H,5-12,15H2,(H,28,29)(H,30,31). The second-order valence-corrected chi connectivity index (χ2v) is 8.14. The predicted molar refractivity (Wildman–Crippen MR) is 116 cm³/mol. The number of rotatable bonds is 6.